The maximum atomic E-state index is 5.23. The maximum Gasteiger partial charge on any atom is 0.160 e. The lowest BCUT2D eigenvalue weighted by Gasteiger charge is -2.05. The fourth-order valence-electron chi connectivity index (χ4n) is 1.29. The molecule has 0 aromatic carbocycles. The number of nitrogen functional groups attached to an aromatic ring is 1. The Morgan fingerprint density at radius 1 is 1.20 bits per heavy atom. The Bertz CT molecular complexity index is 276. The number of hydrogen-bond acceptors (Lipinski definition) is 5. The van der Waals surface area contributed by atoms with Crippen molar-refractivity contribution in [3.63, 3.8) is 0 Å². The Hall–Kier alpha value is -1.36. The zero-order valence-electron chi connectivity index (χ0n) is 9.16. The van der Waals surface area contributed by atoms with Crippen LogP contribution in [0.3, 0.4) is 0 Å². The summed E-state index contributed by atoms with van der Waals surface area (Å²) in [5, 5.41) is 3.21. The van der Waals surface area contributed by atoms with Crippen molar-refractivity contribution in [3.05, 3.63) is 12.4 Å². The predicted octanol–water partition coefficient (Wildman–Crippen LogP) is 1.75. The predicted molar refractivity (Wildman–Crippen MR) is 62.5 cm³/mol. The molecule has 0 spiro atoms. The van der Waals surface area contributed by atoms with E-state index < -0.39 is 0 Å². The van der Waals surface area contributed by atoms with Gasteiger partial charge in [-0.05, 0) is 6.42 Å². The number of nitrogens with two attached hydrogens (primary N) is 1. The molecule has 5 heteroatoms. The summed E-state index contributed by atoms with van der Waals surface area (Å²) in [7, 11) is 0. The van der Waals surface area contributed by atoms with Crippen LogP contribution in [-0.2, 0) is 0 Å². The quantitative estimate of drug-likeness (QED) is 0.362. The summed E-state index contributed by atoms with van der Waals surface area (Å²) in [4.78, 5) is 8.20. The summed E-state index contributed by atoms with van der Waals surface area (Å²) >= 11 is 0. The third-order valence-electron chi connectivity index (χ3n) is 2.12. The Kier molecular flexibility index (Phi) is 5.47. The monoisotopic (exact) mass is 209 g/mol. The number of hydrazine groups is 1. The Morgan fingerprint density at radius 2 is 2.00 bits per heavy atom. The van der Waals surface area contributed by atoms with Crippen LogP contribution in [0.1, 0.15) is 32.6 Å². The van der Waals surface area contributed by atoms with Crippen LogP contribution in [0.4, 0.5) is 11.6 Å². The number of rotatable bonds is 7. The van der Waals surface area contributed by atoms with E-state index in [-0.39, 0.29) is 0 Å². The molecule has 15 heavy (non-hydrogen) atoms. The third kappa shape index (κ3) is 4.60. The molecule has 84 valence electrons. The van der Waals surface area contributed by atoms with Gasteiger partial charge in [0, 0.05) is 6.54 Å². The van der Waals surface area contributed by atoms with Crippen LogP contribution in [0.15, 0.2) is 12.4 Å². The molecule has 4 N–H and O–H groups in total. The van der Waals surface area contributed by atoms with Crippen molar-refractivity contribution in [3.8, 4) is 0 Å². The number of hydrogen-bond donors (Lipinski definition) is 3. The molecule has 0 saturated heterocycles. The summed E-state index contributed by atoms with van der Waals surface area (Å²) in [6.07, 6.45) is 8.24. The standard InChI is InChI=1S/C10H19N5/c1-2-3-4-5-6-13-9-7-12-8-10(14-9)15-11/h7-8H,2-6,11H2,1H3,(H2,13,14,15). The smallest absolute Gasteiger partial charge is 0.160 e. The SMILES string of the molecule is CCCCCCNc1cncc(NN)n1. The van der Waals surface area contributed by atoms with Gasteiger partial charge in [0.25, 0.3) is 0 Å². The van der Waals surface area contributed by atoms with Crippen LogP contribution < -0.4 is 16.6 Å². The zero-order valence-corrected chi connectivity index (χ0v) is 9.16. The molecule has 0 amide bonds. The van der Waals surface area contributed by atoms with Crippen LogP contribution in [-0.4, -0.2) is 16.5 Å². The highest BCUT2D eigenvalue weighted by Gasteiger charge is 1.95. The van der Waals surface area contributed by atoms with Gasteiger partial charge >= 0.3 is 0 Å². The molecule has 1 aromatic rings. The molecule has 5 nitrogen and oxygen atoms in total. The highest BCUT2D eigenvalue weighted by molar-refractivity contribution is 5.40. The van der Waals surface area contributed by atoms with Gasteiger partial charge in [0.1, 0.15) is 5.82 Å². The molecule has 0 aliphatic rings. The maximum absolute atomic E-state index is 5.23. The Morgan fingerprint density at radius 3 is 2.73 bits per heavy atom. The second-order valence-electron chi connectivity index (χ2n) is 3.42. The second kappa shape index (κ2) is 7.00. The van der Waals surface area contributed by atoms with Gasteiger partial charge in [0.2, 0.25) is 0 Å². The zero-order chi connectivity index (χ0) is 10.9. The van der Waals surface area contributed by atoms with Crippen molar-refractivity contribution in [2.45, 2.75) is 32.6 Å². The average Bonchev–Trinajstić information content (AvgIpc) is 2.29. The summed E-state index contributed by atoms with van der Waals surface area (Å²) in [6.45, 7) is 3.14. The first-order valence-electron chi connectivity index (χ1n) is 5.39. The van der Waals surface area contributed by atoms with Gasteiger partial charge in [0.15, 0.2) is 5.82 Å². The van der Waals surface area contributed by atoms with E-state index in [0.717, 1.165) is 18.8 Å². The molecule has 0 atom stereocenters. The highest BCUT2D eigenvalue weighted by Crippen LogP contribution is 2.06. The lowest BCUT2D eigenvalue weighted by molar-refractivity contribution is 0.684. The van der Waals surface area contributed by atoms with Crippen LogP contribution in [0, 0.1) is 0 Å². The van der Waals surface area contributed by atoms with Crippen molar-refractivity contribution in [2.24, 2.45) is 5.84 Å². The van der Waals surface area contributed by atoms with Gasteiger partial charge in [-0.1, -0.05) is 26.2 Å². The molecule has 0 aliphatic heterocycles. The third-order valence-corrected chi connectivity index (χ3v) is 2.12. The molecule has 0 saturated carbocycles. The largest absolute Gasteiger partial charge is 0.369 e. The van der Waals surface area contributed by atoms with Crippen molar-refractivity contribution in [1.29, 1.82) is 0 Å². The minimum absolute atomic E-state index is 0.577. The van der Waals surface area contributed by atoms with Gasteiger partial charge in [0.05, 0.1) is 12.4 Å². The van der Waals surface area contributed by atoms with E-state index in [1.165, 1.54) is 19.3 Å². The van der Waals surface area contributed by atoms with E-state index >= 15 is 0 Å². The summed E-state index contributed by atoms with van der Waals surface area (Å²) in [5.41, 5.74) is 2.46. The highest BCUT2D eigenvalue weighted by atomic mass is 15.3. The Labute approximate surface area is 90.5 Å². The number of unbranched alkanes of at least 4 members (excludes halogenated alkanes) is 3. The molecule has 1 rings (SSSR count). The summed E-state index contributed by atoms with van der Waals surface area (Å²) in [5.74, 6) is 6.58. The van der Waals surface area contributed by atoms with Crippen LogP contribution in [0.5, 0.6) is 0 Å². The normalized spacial score (nSPS) is 10.0. The molecule has 0 unspecified atom stereocenters. The number of nitrogens with one attached hydrogen (secondary N) is 2. The molecule has 1 aromatic heterocycles. The van der Waals surface area contributed by atoms with Gasteiger partial charge in [-0.2, -0.15) is 0 Å². The number of aromatic nitrogens is 2. The molecular weight excluding hydrogens is 190 g/mol. The first-order chi connectivity index (χ1) is 7.36. The Balaban J connectivity index is 2.24. The number of anilines is 2. The van der Waals surface area contributed by atoms with E-state index in [1.807, 2.05) is 0 Å². The summed E-state index contributed by atoms with van der Waals surface area (Å²) < 4.78 is 0. The van der Waals surface area contributed by atoms with E-state index in [4.69, 9.17) is 5.84 Å². The van der Waals surface area contributed by atoms with Crippen molar-refractivity contribution in [1.82, 2.24) is 9.97 Å². The first kappa shape index (κ1) is 11.7. The first-order valence-corrected chi connectivity index (χ1v) is 5.39. The lowest BCUT2D eigenvalue weighted by Crippen LogP contribution is -2.11. The molecular formula is C10H19N5. The van der Waals surface area contributed by atoms with E-state index in [9.17, 15) is 0 Å². The van der Waals surface area contributed by atoms with Gasteiger partial charge < -0.3 is 10.7 Å². The van der Waals surface area contributed by atoms with Crippen LogP contribution >= 0.6 is 0 Å². The fourth-order valence-corrected chi connectivity index (χ4v) is 1.29. The van der Waals surface area contributed by atoms with E-state index in [2.05, 4.69) is 27.6 Å². The topological polar surface area (TPSA) is 75.9 Å². The van der Waals surface area contributed by atoms with Crippen LogP contribution in [0.25, 0.3) is 0 Å². The fraction of sp³-hybridized carbons (Fsp3) is 0.600. The van der Waals surface area contributed by atoms with Gasteiger partial charge in [-0.15, -0.1) is 0 Å². The molecule has 0 aliphatic carbocycles. The lowest BCUT2D eigenvalue weighted by atomic mass is 10.2. The molecule has 1 heterocycles. The van der Waals surface area contributed by atoms with Crippen molar-refractivity contribution >= 4 is 11.6 Å². The summed E-state index contributed by atoms with van der Waals surface area (Å²) in [6, 6.07) is 0. The van der Waals surface area contributed by atoms with Gasteiger partial charge in [-0.3, -0.25) is 4.98 Å². The molecule has 0 fully saturated rings. The average molecular weight is 209 g/mol. The van der Waals surface area contributed by atoms with E-state index in [1.54, 1.807) is 12.4 Å². The van der Waals surface area contributed by atoms with Gasteiger partial charge in [-0.25, -0.2) is 10.8 Å². The minimum atomic E-state index is 0.577. The number of nitrogens with zero attached hydrogens (tertiary/aromatic N) is 2. The second-order valence-corrected chi connectivity index (χ2v) is 3.42. The molecule has 0 bridgehead atoms. The van der Waals surface area contributed by atoms with Crippen LogP contribution in [0.2, 0.25) is 0 Å². The van der Waals surface area contributed by atoms with Crippen molar-refractivity contribution in [2.75, 3.05) is 17.3 Å². The van der Waals surface area contributed by atoms with Crippen molar-refractivity contribution < 1.29 is 0 Å². The van der Waals surface area contributed by atoms with E-state index in [0.29, 0.717) is 5.82 Å². The molecule has 0 radical (unpaired) electrons. The minimum Gasteiger partial charge on any atom is -0.369 e.